The van der Waals surface area contributed by atoms with E-state index in [4.69, 9.17) is 0 Å². The predicted molar refractivity (Wildman–Crippen MR) is 48.5 cm³/mol. The van der Waals surface area contributed by atoms with Crippen LogP contribution in [0.1, 0.15) is 11.4 Å². The Balaban J connectivity index is 2.82. The van der Waals surface area contributed by atoms with Crippen LogP contribution < -0.4 is 4.72 Å². The summed E-state index contributed by atoms with van der Waals surface area (Å²) in [5, 5.41) is 0. The molecular weight excluding hydrogens is 190 g/mol. The largest absolute Gasteiger partial charge is 0.240 e. The van der Waals surface area contributed by atoms with Crippen molar-refractivity contribution in [2.24, 2.45) is 0 Å². The molecule has 0 fully saturated rings. The molecule has 0 saturated carbocycles. The maximum atomic E-state index is 11.1. The molecule has 1 N–H and O–H groups in total. The molecule has 72 valence electrons. The normalized spacial score (nSPS) is 11.5. The molecule has 0 radical (unpaired) electrons. The van der Waals surface area contributed by atoms with Crippen molar-refractivity contribution >= 4 is 10.0 Å². The molecule has 0 aliphatic carbocycles. The monoisotopic (exact) mass is 201 g/mol. The van der Waals surface area contributed by atoms with Gasteiger partial charge in [-0.2, -0.15) is 0 Å². The van der Waals surface area contributed by atoms with Crippen LogP contribution in [0.3, 0.4) is 0 Å². The Labute approximate surface area is 77.3 Å². The summed E-state index contributed by atoms with van der Waals surface area (Å²) in [6, 6.07) is 0. The maximum Gasteiger partial charge on any atom is 0.218 e. The summed E-state index contributed by atoms with van der Waals surface area (Å²) in [7, 11) is -1.90. The highest BCUT2D eigenvalue weighted by Crippen LogP contribution is 1.98. The van der Waals surface area contributed by atoms with Crippen LogP contribution in [0.2, 0.25) is 0 Å². The Morgan fingerprint density at radius 1 is 1.38 bits per heavy atom. The van der Waals surface area contributed by atoms with E-state index in [9.17, 15) is 8.42 Å². The van der Waals surface area contributed by atoms with Gasteiger partial charge in [-0.25, -0.2) is 23.1 Å². The Hall–Kier alpha value is -1.01. The fourth-order valence-corrected chi connectivity index (χ4v) is 1.37. The SMILES string of the molecule is CNS(=O)(=O)Cc1ncc(C)cn1. The zero-order valence-electron chi connectivity index (χ0n) is 7.48. The second kappa shape index (κ2) is 3.80. The van der Waals surface area contributed by atoms with E-state index in [0.717, 1.165) is 5.56 Å². The minimum atomic E-state index is -3.26. The van der Waals surface area contributed by atoms with Gasteiger partial charge in [-0.1, -0.05) is 0 Å². The smallest absolute Gasteiger partial charge is 0.218 e. The number of aryl methyl sites for hydroxylation is 1. The first kappa shape index (κ1) is 10.1. The average molecular weight is 201 g/mol. The van der Waals surface area contributed by atoms with E-state index in [1.54, 1.807) is 12.4 Å². The molecule has 0 aliphatic rings. The van der Waals surface area contributed by atoms with E-state index in [-0.39, 0.29) is 5.75 Å². The molecule has 1 heterocycles. The zero-order valence-corrected chi connectivity index (χ0v) is 8.30. The summed E-state index contributed by atoms with van der Waals surface area (Å²) in [4.78, 5) is 7.76. The van der Waals surface area contributed by atoms with Crippen LogP contribution >= 0.6 is 0 Å². The average Bonchev–Trinajstić information content (AvgIpc) is 2.09. The lowest BCUT2D eigenvalue weighted by Crippen LogP contribution is -2.21. The van der Waals surface area contributed by atoms with Gasteiger partial charge in [0.2, 0.25) is 10.0 Å². The van der Waals surface area contributed by atoms with Crippen LogP contribution in [0.5, 0.6) is 0 Å². The minimum Gasteiger partial charge on any atom is -0.240 e. The van der Waals surface area contributed by atoms with Crippen molar-refractivity contribution in [2.75, 3.05) is 7.05 Å². The number of sulfonamides is 1. The van der Waals surface area contributed by atoms with Crippen LogP contribution in [-0.4, -0.2) is 25.4 Å². The van der Waals surface area contributed by atoms with Gasteiger partial charge < -0.3 is 0 Å². The predicted octanol–water partition coefficient (Wildman–Crippen LogP) is -0.166. The first-order valence-corrected chi connectivity index (χ1v) is 5.37. The summed E-state index contributed by atoms with van der Waals surface area (Å²) in [6.45, 7) is 1.84. The van der Waals surface area contributed by atoms with Gasteiger partial charge in [0.1, 0.15) is 11.6 Å². The molecule has 0 spiro atoms. The summed E-state index contributed by atoms with van der Waals surface area (Å²) in [5.41, 5.74) is 0.908. The molecule has 0 aliphatic heterocycles. The Bertz CT molecular complexity index is 371. The number of hydrogen-bond acceptors (Lipinski definition) is 4. The van der Waals surface area contributed by atoms with Crippen LogP contribution in [0, 0.1) is 6.92 Å². The summed E-state index contributed by atoms with van der Waals surface area (Å²) >= 11 is 0. The van der Waals surface area contributed by atoms with Crippen molar-refractivity contribution in [2.45, 2.75) is 12.7 Å². The summed E-state index contributed by atoms with van der Waals surface area (Å²) in [5.74, 6) is 0.129. The number of aromatic nitrogens is 2. The maximum absolute atomic E-state index is 11.1. The first-order valence-electron chi connectivity index (χ1n) is 3.72. The van der Waals surface area contributed by atoms with Crippen LogP contribution in [0.25, 0.3) is 0 Å². The van der Waals surface area contributed by atoms with Gasteiger partial charge in [0, 0.05) is 12.4 Å². The molecule has 0 atom stereocenters. The van der Waals surface area contributed by atoms with Gasteiger partial charge in [0.25, 0.3) is 0 Å². The Morgan fingerprint density at radius 2 is 1.92 bits per heavy atom. The second-order valence-electron chi connectivity index (χ2n) is 2.64. The number of rotatable bonds is 3. The van der Waals surface area contributed by atoms with E-state index < -0.39 is 10.0 Å². The quantitative estimate of drug-likeness (QED) is 0.737. The van der Waals surface area contributed by atoms with Gasteiger partial charge in [-0.05, 0) is 19.5 Å². The highest BCUT2D eigenvalue weighted by molar-refractivity contribution is 7.88. The lowest BCUT2D eigenvalue weighted by atomic mass is 10.4. The molecule has 0 unspecified atom stereocenters. The fourth-order valence-electron chi connectivity index (χ4n) is 0.736. The Kier molecular flexibility index (Phi) is 2.94. The second-order valence-corrected chi connectivity index (χ2v) is 4.57. The van der Waals surface area contributed by atoms with Crippen LogP contribution in [0.15, 0.2) is 12.4 Å². The molecule has 1 rings (SSSR count). The molecule has 6 heteroatoms. The van der Waals surface area contributed by atoms with Gasteiger partial charge in [-0.3, -0.25) is 0 Å². The first-order chi connectivity index (χ1) is 6.03. The van der Waals surface area contributed by atoms with E-state index >= 15 is 0 Å². The molecule has 1 aromatic rings. The summed E-state index contributed by atoms with van der Waals surface area (Å²) < 4.78 is 24.3. The third-order valence-corrected chi connectivity index (χ3v) is 2.72. The van der Waals surface area contributed by atoms with E-state index in [1.165, 1.54) is 7.05 Å². The van der Waals surface area contributed by atoms with Crippen LogP contribution in [-0.2, 0) is 15.8 Å². The van der Waals surface area contributed by atoms with Gasteiger partial charge in [0.15, 0.2) is 0 Å². The number of hydrogen-bond donors (Lipinski definition) is 1. The number of nitrogens with one attached hydrogen (secondary N) is 1. The fraction of sp³-hybridized carbons (Fsp3) is 0.429. The lowest BCUT2D eigenvalue weighted by Gasteiger charge is -2.00. The lowest BCUT2D eigenvalue weighted by molar-refractivity contribution is 0.586. The van der Waals surface area contributed by atoms with E-state index in [1.807, 2.05) is 6.92 Å². The van der Waals surface area contributed by atoms with Gasteiger partial charge >= 0.3 is 0 Å². The molecule has 5 nitrogen and oxygen atoms in total. The third-order valence-electron chi connectivity index (χ3n) is 1.46. The molecule has 0 aromatic carbocycles. The topological polar surface area (TPSA) is 72.0 Å². The molecule has 0 amide bonds. The standard InChI is InChI=1S/C7H11N3O2S/c1-6-3-9-7(10-4-6)5-13(11,12)8-2/h3-4,8H,5H2,1-2H3. The van der Waals surface area contributed by atoms with Crippen molar-refractivity contribution in [3.8, 4) is 0 Å². The third kappa shape index (κ3) is 3.08. The molecule has 1 aromatic heterocycles. The van der Waals surface area contributed by atoms with Gasteiger partial charge in [-0.15, -0.1) is 0 Å². The van der Waals surface area contributed by atoms with Crippen molar-refractivity contribution < 1.29 is 8.42 Å². The van der Waals surface area contributed by atoms with Crippen molar-refractivity contribution in [1.82, 2.24) is 14.7 Å². The highest BCUT2D eigenvalue weighted by Gasteiger charge is 2.09. The van der Waals surface area contributed by atoms with Crippen molar-refractivity contribution in [3.05, 3.63) is 23.8 Å². The molecular formula is C7H11N3O2S. The van der Waals surface area contributed by atoms with E-state index in [2.05, 4.69) is 14.7 Å². The zero-order chi connectivity index (χ0) is 9.90. The van der Waals surface area contributed by atoms with Gasteiger partial charge in [0.05, 0.1) is 0 Å². The minimum absolute atomic E-state index is 0.177. The van der Waals surface area contributed by atoms with Crippen molar-refractivity contribution in [3.63, 3.8) is 0 Å². The summed E-state index contributed by atoms with van der Waals surface area (Å²) in [6.07, 6.45) is 3.18. The van der Waals surface area contributed by atoms with Crippen molar-refractivity contribution in [1.29, 1.82) is 0 Å². The van der Waals surface area contributed by atoms with E-state index in [0.29, 0.717) is 5.82 Å². The molecule has 13 heavy (non-hydrogen) atoms. The van der Waals surface area contributed by atoms with Crippen LogP contribution in [0.4, 0.5) is 0 Å². The highest BCUT2D eigenvalue weighted by atomic mass is 32.2. The Morgan fingerprint density at radius 3 is 2.38 bits per heavy atom. The molecule has 0 saturated heterocycles. The number of nitrogens with zero attached hydrogens (tertiary/aromatic N) is 2. The molecule has 0 bridgehead atoms.